The Morgan fingerprint density at radius 3 is 2.67 bits per heavy atom. The number of carbonyl (C=O) groups is 1. The zero-order chi connectivity index (χ0) is 25.7. The summed E-state index contributed by atoms with van der Waals surface area (Å²) in [6, 6.07) is 5.15. The van der Waals surface area contributed by atoms with Gasteiger partial charge in [0.05, 0.1) is 34.9 Å². The lowest BCUT2D eigenvalue weighted by Crippen LogP contribution is -2.59. The summed E-state index contributed by atoms with van der Waals surface area (Å²) in [6.07, 6.45) is 4.15. The molecule has 2 saturated heterocycles. The van der Waals surface area contributed by atoms with Crippen LogP contribution in [0.25, 0.3) is 11.0 Å². The summed E-state index contributed by atoms with van der Waals surface area (Å²) in [5.41, 5.74) is 7.75. The number of nitrogens with zero attached hydrogens (tertiary/aromatic N) is 4. The molecule has 36 heavy (non-hydrogen) atoms. The van der Waals surface area contributed by atoms with Crippen LogP contribution in [0, 0.1) is 13.8 Å². The number of aryl methyl sites for hydroxylation is 3. The first-order chi connectivity index (χ1) is 17.1. The number of nitrogens with two attached hydrogens (primary N) is 1. The number of fused-ring (bicyclic) bond motifs is 1. The number of rotatable bonds is 4. The van der Waals surface area contributed by atoms with Gasteiger partial charge in [0.2, 0.25) is 5.91 Å². The van der Waals surface area contributed by atoms with Gasteiger partial charge in [-0.05, 0) is 62.9 Å². The molecule has 1 amide bonds. The third kappa shape index (κ3) is 4.62. The Morgan fingerprint density at radius 2 is 1.97 bits per heavy atom. The molecule has 10 nitrogen and oxygen atoms in total. The number of ether oxygens (including phenoxy) is 1. The molecule has 0 radical (unpaired) electrons. The minimum Gasteiger partial charge on any atom is -0.388 e. The Kier molecular flexibility index (Phi) is 6.12. The molecule has 0 aliphatic carbocycles. The van der Waals surface area contributed by atoms with E-state index in [0.29, 0.717) is 45.2 Å². The third-order valence-electron chi connectivity index (χ3n) is 7.88. The van der Waals surface area contributed by atoms with Crippen molar-refractivity contribution < 1.29 is 14.6 Å². The SMILES string of the molecule is Cc1cc2nc(CCC(=O)N3CCC4(CC3)C[C@@](C)(O)[C@H](n3ccc(N)nc3=O)CO4)[nH]c2cc1C. The van der Waals surface area contributed by atoms with Gasteiger partial charge >= 0.3 is 5.69 Å². The van der Waals surface area contributed by atoms with E-state index in [9.17, 15) is 14.7 Å². The molecule has 0 saturated carbocycles. The zero-order valence-corrected chi connectivity index (χ0v) is 21.1. The maximum atomic E-state index is 12.9. The lowest BCUT2D eigenvalue weighted by molar-refractivity contribution is -0.198. The van der Waals surface area contributed by atoms with Crippen LogP contribution in [0.2, 0.25) is 0 Å². The van der Waals surface area contributed by atoms with Crippen LogP contribution in [0.4, 0.5) is 5.82 Å². The first-order valence-corrected chi connectivity index (χ1v) is 12.5. The highest BCUT2D eigenvalue weighted by atomic mass is 16.5. The van der Waals surface area contributed by atoms with Gasteiger partial charge in [-0.25, -0.2) is 9.78 Å². The Labute approximate surface area is 209 Å². The maximum absolute atomic E-state index is 12.9. The smallest absolute Gasteiger partial charge is 0.349 e. The topological polar surface area (TPSA) is 139 Å². The number of benzene rings is 1. The standard InChI is InChI=1S/C26H34N6O4/c1-16-12-18-19(13-17(16)2)29-22(28-18)4-5-23(33)31-10-7-26(8-11-31)15-25(3,35)20(14-36-26)32-9-6-21(27)30-24(32)34/h6,9,12-13,20,35H,4-5,7-8,10-11,14-15H2,1-3H3,(H,28,29)(H2,27,30,34)/t20-,25-/m1/s1. The van der Waals surface area contributed by atoms with Gasteiger partial charge in [-0.1, -0.05) is 0 Å². The number of aromatic nitrogens is 4. The average molecular weight is 495 g/mol. The number of anilines is 1. The number of aliphatic hydroxyl groups is 1. The van der Waals surface area contributed by atoms with E-state index in [0.717, 1.165) is 16.9 Å². The van der Waals surface area contributed by atoms with Crippen LogP contribution in [-0.4, -0.2) is 66.3 Å². The summed E-state index contributed by atoms with van der Waals surface area (Å²) in [6.45, 7) is 7.21. The molecule has 4 N–H and O–H groups in total. The van der Waals surface area contributed by atoms with E-state index >= 15 is 0 Å². The van der Waals surface area contributed by atoms with E-state index in [2.05, 4.69) is 40.9 Å². The number of H-pyrrole nitrogens is 1. The minimum atomic E-state index is -1.16. The van der Waals surface area contributed by atoms with Crippen molar-refractivity contribution in [2.45, 2.75) is 70.1 Å². The Hall–Kier alpha value is -3.24. The van der Waals surface area contributed by atoms with Gasteiger partial charge in [-0.3, -0.25) is 9.36 Å². The van der Waals surface area contributed by atoms with Crippen LogP contribution in [0.15, 0.2) is 29.2 Å². The molecular weight excluding hydrogens is 460 g/mol. The quantitative estimate of drug-likeness (QED) is 0.504. The molecule has 0 bridgehead atoms. The summed E-state index contributed by atoms with van der Waals surface area (Å²) >= 11 is 0. The number of aromatic amines is 1. The largest absolute Gasteiger partial charge is 0.388 e. The van der Waals surface area contributed by atoms with Crippen LogP contribution in [-0.2, 0) is 16.0 Å². The molecule has 10 heteroatoms. The van der Waals surface area contributed by atoms with Crippen molar-refractivity contribution in [1.29, 1.82) is 0 Å². The van der Waals surface area contributed by atoms with E-state index in [1.54, 1.807) is 19.2 Å². The van der Waals surface area contributed by atoms with Crippen molar-refractivity contribution in [2.24, 2.45) is 0 Å². The lowest BCUT2D eigenvalue weighted by atomic mass is 9.75. The number of amides is 1. The second-order valence-electron chi connectivity index (χ2n) is 10.6. The summed E-state index contributed by atoms with van der Waals surface area (Å²) in [7, 11) is 0. The maximum Gasteiger partial charge on any atom is 0.349 e. The van der Waals surface area contributed by atoms with Gasteiger partial charge in [0, 0.05) is 38.5 Å². The number of hydrogen-bond acceptors (Lipinski definition) is 7. The Morgan fingerprint density at radius 1 is 1.25 bits per heavy atom. The van der Waals surface area contributed by atoms with Crippen molar-refractivity contribution in [2.75, 3.05) is 25.4 Å². The highest BCUT2D eigenvalue weighted by Gasteiger charge is 2.50. The summed E-state index contributed by atoms with van der Waals surface area (Å²) in [5.74, 6) is 1.06. The Balaban J connectivity index is 1.18. The van der Waals surface area contributed by atoms with Gasteiger partial charge in [0.1, 0.15) is 11.6 Å². The van der Waals surface area contributed by atoms with Crippen molar-refractivity contribution in [3.63, 3.8) is 0 Å². The van der Waals surface area contributed by atoms with E-state index in [1.165, 1.54) is 15.7 Å². The lowest BCUT2D eigenvalue weighted by Gasteiger charge is -2.51. The molecular formula is C26H34N6O4. The second-order valence-corrected chi connectivity index (χ2v) is 10.6. The number of imidazole rings is 1. The van der Waals surface area contributed by atoms with Crippen LogP contribution in [0.5, 0.6) is 0 Å². The fourth-order valence-electron chi connectivity index (χ4n) is 5.61. The van der Waals surface area contributed by atoms with E-state index in [1.807, 2.05) is 4.90 Å². The number of piperidine rings is 1. The van der Waals surface area contributed by atoms with E-state index in [4.69, 9.17) is 10.5 Å². The van der Waals surface area contributed by atoms with E-state index < -0.39 is 22.9 Å². The summed E-state index contributed by atoms with van der Waals surface area (Å²) in [5, 5.41) is 11.3. The number of hydrogen-bond donors (Lipinski definition) is 3. The zero-order valence-electron chi connectivity index (χ0n) is 21.1. The molecule has 3 aromatic rings. The van der Waals surface area contributed by atoms with Crippen LogP contribution >= 0.6 is 0 Å². The van der Waals surface area contributed by atoms with Crippen LogP contribution in [0.1, 0.15) is 55.6 Å². The van der Waals surface area contributed by atoms with Crippen molar-refractivity contribution >= 4 is 22.8 Å². The second kappa shape index (κ2) is 9.01. The van der Waals surface area contributed by atoms with E-state index in [-0.39, 0.29) is 18.3 Å². The molecule has 2 aliphatic rings. The predicted octanol–water partition coefficient (Wildman–Crippen LogP) is 2.03. The monoisotopic (exact) mass is 494 g/mol. The first kappa shape index (κ1) is 24.5. The highest BCUT2D eigenvalue weighted by molar-refractivity contribution is 5.78. The summed E-state index contributed by atoms with van der Waals surface area (Å²) in [4.78, 5) is 38.9. The molecule has 2 aliphatic heterocycles. The number of likely N-dealkylation sites (tertiary alicyclic amines) is 1. The highest BCUT2D eigenvalue weighted by Crippen LogP contribution is 2.43. The molecule has 5 rings (SSSR count). The normalized spacial score (nSPS) is 23.9. The minimum absolute atomic E-state index is 0.0950. The Bertz CT molecular complexity index is 1310. The van der Waals surface area contributed by atoms with Crippen LogP contribution < -0.4 is 11.4 Å². The summed E-state index contributed by atoms with van der Waals surface area (Å²) < 4.78 is 7.66. The van der Waals surface area contributed by atoms with Gasteiger partial charge < -0.3 is 25.5 Å². The molecule has 2 fully saturated rings. The predicted molar refractivity (Wildman–Crippen MR) is 136 cm³/mol. The van der Waals surface area contributed by atoms with Crippen LogP contribution in [0.3, 0.4) is 0 Å². The van der Waals surface area contributed by atoms with Gasteiger partial charge in [0.15, 0.2) is 0 Å². The fraction of sp³-hybridized carbons (Fsp3) is 0.538. The van der Waals surface area contributed by atoms with Gasteiger partial charge in [0.25, 0.3) is 0 Å². The van der Waals surface area contributed by atoms with Gasteiger partial charge in [-0.2, -0.15) is 4.98 Å². The third-order valence-corrected chi connectivity index (χ3v) is 7.88. The molecule has 1 spiro atoms. The van der Waals surface area contributed by atoms with Gasteiger partial charge in [-0.15, -0.1) is 0 Å². The molecule has 1 aromatic carbocycles. The molecule has 4 heterocycles. The molecule has 0 unspecified atom stereocenters. The van der Waals surface area contributed by atoms with Crippen molar-refractivity contribution in [3.8, 4) is 0 Å². The molecule has 192 valence electrons. The molecule has 2 aromatic heterocycles. The fourth-order valence-corrected chi connectivity index (χ4v) is 5.61. The van der Waals surface area contributed by atoms with Crippen molar-refractivity contribution in [1.82, 2.24) is 24.4 Å². The molecule has 2 atom stereocenters. The average Bonchev–Trinajstić information content (AvgIpc) is 3.20. The first-order valence-electron chi connectivity index (χ1n) is 12.5. The van der Waals surface area contributed by atoms with Crippen molar-refractivity contribution in [3.05, 3.63) is 51.8 Å². The number of carbonyl (C=O) groups excluding carboxylic acids is 1. The number of nitrogen functional groups attached to an aromatic ring is 1. The number of nitrogens with one attached hydrogen (secondary N) is 1.